The number of nitrogens with one attached hydrogen (secondary N) is 1. The van der Waals surface area contributed by atoms with Gasteiger partial charge in [0.2, 0.25) is 5.91 Å². The van der Waals surface area contributed by atoms with Gasteiger partial charge in [0.15, 0.2) is 0 Å². The Morgan fingerprint density at radius 1 is 0.971 bits per heavy atom. The number of hydrogen-bond donors (Lipinski definition) is 1. The van der Waals surface area contributed by atoms with Gasteiger partial charge >= 0.3 is 0 Å². The van der Waals surface area contributed by atoms with Crippen LogP contribution in [0.2, 0.25) is 0 Å². The van der Waals surface area contributed by atoms with Crippen LogP contribution in [0.3, 0.4) is 0 Å². The molecule has 3 aromatic rings. The highest BCUT2D eigenvalue weighted by Crippen LogP contribution is 2.32. The third-order valence-electron chi connectivity index (χ3n) is 5.22. The van der Waals surface area contributed by atoms with Gasteiger partial charge < -0.3 is 14.8 Å². The summed E-state index contributed by atoms with van der Waals surface area (Å²) in [5.74, 6) is 0.750. The number of benzene rings is 3. The lowest BCUT2D eigenvalue weighted by atomic mass is 10.1. The van der Waals surface area contributed by atoms with E-state index in [1.807, 2.05) is 38.1 Å². The lowest BCUT2D eigenvalue weighted by Crippen LogP contribution is -2.41. The number of carbonyl (C=O) groups is 1. The van der Waals surface area contributed by atoms with Crippen molar-refractivity contribution in [1.82, 2.24) is 5.32 Å². The van der Waals surface area contributed by atoms with E-state index in [4.69, 9.17) is 9.47 Å². The number of sulfonamides is 1. The van der Waals surface area contributed by atoms with E-state index >= 15 is 0 Å². The predicted molar refractivity (Wildman–Crippen MR) is 133 cm³/mol. The Kier molecular flexibility index (Phi) is 8.54. The maximum Gasteiger partial charge on any atom is 0.264 e. The first-order valence-corrected chi connectivity index (χ1v) is 12.5. The van der Waals surface area contributed by atoms with E-state index in [1.54, 1.807) is 55.6 Å². The number of methoxy groups -OCH3 is 1. The maximum absolute atomic E-state index is 13.6. The molecular formula is C26H30N2O5S. The molecule has 7 nitrogen and oxygen atoms in total. The SMILES string of the molecule is CCOc1ccccc1N(CC(=O)NCCc1ccc(OC)cc1)S(=O)(=O)c1ccc(C)cc1. The fourth-order valence-electron chi connectivity index (χ4n) is 3.40. The summed E-state index contributed by atoms with van der Waals surface area (Å²) in [7, 11) is -2.41. The highest BCUT2D eigenvalue weighted by Gasteiger charge is 2.29. The summed E-state index contributed by atoms with van der Waals surface area (Å²) in [5.41, 5.74) is 2.29. The second-order valence-electron chi connectivity index (χ2n) is 7.67. The minimum Gasteiger partial charge on any atom is -0.497 e. The minimum atomic E-state index is -4.01. The van der Waals surface area contributed by atoms with Gasteiger partial charge in [-0.1, -0.05) is 42.0 Å². The molecule has 0 saturated carbocycles. The fourth-order valence-corrected chi connectivity index (χ4v) is 4.83. The Morgan fingerprint density at radius 3 is 2.29 bits per heavy atom. The summed E-state index contributed by atoms with van der Waals surface area (Å²) < 4.78 is 39.1. The zero-order chi connectivity index (χ0) is 24.6. The topological polar surface area (TPSA) is 84.9 Å². The molecule has 0 fully saturated rings. The van der Waals surface area contributed by atoms with Crippen molar-refractivity contribution >= 4 is 21.6 Å². The van der Waals surface area contributed by atoms with Gasteiger partial charge in [-0.25, -0.2) is 8.42 Å². The van der Waals surface area contributed by atoms with Crippen LogP contribution in [-0.4, -0.2) is 41.1 Å². The number of nitrogens with zero attached hydrogens (tertiary/aromatic N) is 1. The third kappa shape index (κ3) is 6.29. The maximum atomic E-state index is 13.6. The van der Waals surface area contributed by atoms with Crippen LogP contribution in [0.4, 0.5) is 5.69 Å². The predicted octanol–water partition coefficient (Wildman–Crippen LogP) is 3.96. The van der Waals surface area contributed by atoms with Crippen molar-refractivity contribution in [2.45, 2.75) is 25.2 Å². The van der Waals surface area contributed by atoms with E-state index in [1.165, 1.54) is 0 Å². The van der Waals surface area contributed by atoms with E-state index in [2.05, 4.69) is 5.32 Å². The van der Waals surface area contributed by atoms with Crippen molar-refractivity contribution in [3.05, 3.63) is 83.9 Å². The molecule has 1 amide bonds. The van der Waals surface area contributed by atoms with Gasteiger partial charge in [0, 0.05) is 6.54 Å². The minimum absolute atomic E-state index is 0.107. The van der Waals surface area contributed by atoms with Crippen molar-refractivity contribution in [2.75, 3.05) is 31.1 Å². The normalized spacial score (nSPS) is 11.0. The monoisotopic (exact) mass is 482 g/mol. The van der Waals surface area contributed by atoms with Crippen LogP contribution in [0.5, 0.6) is 11.5 Å². The molecule has 3 aromatic carbocycles. The molecule has 8 heteroatoms. The first-order valence-electron chi connectivity index (χ1n) is 11.1. The summed E-state index contributed by atoms with van der Waals surface area (Å²) in [6.45, 7) is 4.07. The van der Waals surface area contributed by atoms with Gasteiger partial charge in [0.1, 0.15) is 18.0 Å². The molecule has 0 radical (unpaired) electrons. The van der Waals surface area contributed by atoms with E-state index in [0.717, 1.165) is 21.2 Å². The van der Waals surface area contributed by atoms with Crippen molar-refractivity contribution in [1.29, 1.82) is 0 Å². The van der Waals surface area contributed by atoms with Crippen LogP contribution in [0.15, 0.2) is 77.7 Å². The van der Waals surface area contributed by atoms with Crippen LogP contribution < -0.4 is 19.1 Å². The zero-order valence-electron chi connectivity index (χ0n) is 19.7. The quantitative estimate of drug-likeness (QED) is 0.447. The highest BCUT2D eigenvalue weighted by atomic mass is 32.2. The highest BCUT2D eigenvalue weighted by molar-refractivity contribution is 7.92. The largest absolute Gasteiger partial charge is 0.497 e. The second kappa shape index (κ2) is 11.6. The molecule has 1 N–H and O–H groups in total. The number of aryl methyl sites for hydroxylation is 1. The fraction of sp³-hybridized carbons (Fsp3) is 0.269. The van der Waals surface area contributed by atoms with E-state index in [0.29, 0.717) is 31.0 Å². The smallest absolute Gasteiger partial charge is 0.264 e. The second-order valence-corrected chi connectivity index (χ2v) is 9.54. The first-order chi connectivity index (χ1) is 16.3. The van der Waals surface area contributed by atoms with Gasteiger partial charge in [0.05, 0.1) is 24.3 Å². The molecule has 0 aromatic heterocycles. The standard InChI is InChI=1S/C26H30N2O5S/c1-4-33-25-8-6-5-7-24(25)28(34(30,31)23-15-9-20(2)10-16-23)19-26(29)27-18-17-21-11-13-22(32-3)14-12-21/h5-16H,4,17-19H2,1-3H3,(H,27,29). The molecule has 0 unspecified atom stereocenters. The Labute approximate surface area is 201 Å². The average Bonchev–Trinajstić information content (AvgIpc) is 2.84. The summed E-state index contributed by atoms with van der Waals surface area (Å²) in [4.78, 5) is 12.9. The number of anilines is 1. The van der Waals surface area contributed by atoms with Gasteiger partial charge in [-0.3, -0.25) is 9.10 Å². The molecule has 0 heterocycles. The summed E-state index contributed by atoms with van der Waals surface area (Å²) >= 11 is 0. The molecule has 3 rings (SSSR count). The number of rotatable bonds is 11. The average molecular weight is 483 g/mol. The summed E-state index contributed by atoms with van der Waals surface area (Å²) in [6.07, 6.45) is 0.607. The molecule has 0 aliphatic rings. The number of amides is 1. The van der Waals surface area contributed by atoms with E-state index in [9.17, 15) is 13.2 Å². The van der Waals surface area contributed by atoms with Gasteiger partial charge in [0.25, 0.3) is 10.0 Å². The molecule has 0 saturated heterocycles. The zero-order valence-corrected chi connectivity index (χ0v) is 20.5. The van der Waals surface area contributed by atoms with Crippen molar-refractivity contribution < 1.29 is 22.7 Å². The van der Waals surface area contributed by atoms with Gasteiger partial charge in [-0.2, -0.15) is 0 Å². The Balaban J connectivity index is 1.81. The van der Waals surface area contributed by atoms with Crippen LogP contribution in [0.25, 0.3) is 0 Å². The van der Waals surface area contributed by atoms with Crippen molar-refractivity contribution in [2.24, 2.45) is 0 Å². The number of hydrogen-bond acceptors (Lipinski definition) is 5. The number of ether oxygens (including phenoxy) is 2. The van der Waals surface area contributed by atoms with Gasteiger partial charge in [-0.05, 0) is 62.2 Å². The van der Waals surface area contributed by atoms with E-state index in [-0.39, 0.29) is 11.4 Å². The van der Waals surface area contributed by atoms with Crippen LogP contribution >= 0.6 is 0 Å². The number of para-hydroxylation sites is 2. The molecule has 0 bridgehead atoms. The van der Waals surface area contributed by atoms with Crippen LogP contribution in [0, 0.1) is 6.92 Å². The summed E-state index contributed by atoms with van der Waals surface area (Å²) in [6, 6.07) is 20.9. The molecule has 0 spiro atoms. The van der Waals surface area contributed by atoms with Crippen molar-refractivity contribution in [3.63, 3.8) is 0 Å². The molecule has 0 aliphatic heterocycles. The lowest BCUT2D eigenvalue weighted by Gasteiger charge is -2.26. The van der Waals surface area contributed by atoms with Crippen LogP contribution in [0.1, 0.15) is 18.1 Å². The van der Waals surface area contributed by atoms with Gasteiger partial charge in [-0.15, -0.1) is 0 Å². The molecule has 0 aliphatic carbocycles. The summed E-state index contributed by atoms with van der Waals surface area (Å²) in [5, 5.41) is 2.83. The molecule has 0 atom stereocenters. The molecule has 34 heavy (non-hydrogen) atoms. The number of carbonyl (C=O) groups excluding carboxylic acids is 1. The van der Waals surface area contributed by atoms with E-state index < -0.39 is 15.9 Å². The first kappa shape index (κ1) is 25.1. The van der Waals surface area contributed by atoms with Crippen LogP contribution in [-0.2, 0) is 21.2 Å². The Bertz CT molecular complexity index is 1190. The Hall–Kier alpha value is -3.52. The Morgan fingerprint density at radius 2 is 1.65 bits per heavy atom. The third-order valence-corrected chi connectivity index (χ3v) is 7.00. The molecule has 180 valence electrons. The van der Waals surface area contributed by atoms with Crippen molar-refractivity contribution in [3.8, 4) is 11.5 Å². The lowest BCUT2D eigenvalue weighted by molar-refractivity contribution is -0.119. The molecular weight excluding hydrogens is 452 g/mol.